The number of sulfonamides is 1. The second-order valence-electron chi connectivity index (χ2n) is 4.41. The van der Waals surface area contributed by atoms with Crippen LogP contribution in [0.4, 0.5) is 0 Å². The van der Waals surface area contributed by atoms with Gasteiger partial charge < -0.3 is 5.11 Å². The Morgan fingerprint density at radius 1 is 1.32 bits per heavy atom. The zero-order valence-electron chi connectivity index (χ0n) is 11.4. The third-order valence-corrected chi connectivity index (χ3v) is 6.20. The van der Waals surface area contributed by atoms with E-state index in [1.165, 1.54) is 10.4 Å². The van der Waals surface area contributed by atoms with Crippen LogP contribution in [-0.2, 0) is 16.6 Å². The van der Waals surface area contributed by atoms with Crippen LogP contribution in [0.3, 0.4) is 0 Å². The first-order valence-electron chi connectivity index (χ1n) is 6.25. The summed E-state index contributed by atoms with van der Waals surface area (Å²) < 4.78 is 27.1. The Morgan fingerprint density at radius 3 is 2.37 bits per heavy atom. The molecule has 0 bridgehead atoms. The smallest absolute Gasteiger partial charge is 0.244 e. The molecule has 0 aliphatic carbocycles. The molecule has 0 aliphatic rings. The SMILES string of the molecule is CCC(CC)N(C)S(=O)(=O)c1cc(CO)ccc1Br. The highest BCUT2D eigenvalue weighted by Crippen LogP contribution is 2.27. The highest BCUT2D eigenvalue weighted by molar-refractivity contribution is 9.10. The fraction of sp³-hybridized carbons (Fsp3) is 0.538. The van der Waals surface area contributed by atoms with Gasteiger partial charge in [-0.05, 0) is 46.5 Å². The summed E-state index contributed by atoms with van der Waals surface area (Å²) in [7, 11) is -1.95. The van der Waals surface area contributed by atoms with Crippen molar-refractivity contribution in [3.63, 3.8) is 0 Å². The molecule has 6 heteroatoms. The zero-order valence-corrected chi connectivity index (χ0v) is 13.8. The van der Waals surface area contributed by atoms with E-state index in [-0.39, 0.29) is 17.5 Å². The second kappa shape index (κ2) is 6.83. The third-order valence-electron chi connectivity index (χ3n) is 3.29. The van der Waals surface area contributed by atoms with Crippen molar-refractivity contribution in [3.05, 3.63) is 28.2 Å². The Morgan fingerprint density at radius 2 is 1.89 bits per heavy atom. The molecule has 0 saturated carbocycles. The van der Waals surface area contributed by atoms with E-state index < -0.39 is 10.0 Å². The van der Waals surface area contributed by atoms with Gasteiger partial charge in [0, 0.05) is 17.6 Å². The fourth-order valence-corrected chi connectivity index (χ4v) is 4.47. The molecule has 108 valence electrons. The summed E-state index contributed by atoms with van der Waals surface area (Å²) in [5.74, 6) is 0. The monoisotopic (exact) mass is 349 g/mol. The lowest BCUT2D eigenvalue weighted by atomic mass is 10.2. The molecule has 0 amide bonds. The van der Waals surface area contributed by atoms with E-state index in [0.29, 0.717) is 10.0 Å². The molecule has 0 atom stereocenters. The molecule has 0 spiro atoms. The predicted molar refractivity (Wildman–Crippen MR) is 79.4 cm³/mol. The molecular weight excluding hydrogens is 330 g/mol. The lowest BCUT2D eigenvalue weighted by Crippen LogP contribution is -2.36. The van der Waals surface area contributed by atoms with E-state index in [1.54, 1.807) is 19.2 Å². The van der Waals surface area contributed by atoms with E-state index in [0.717, 1.165) is 12.8 Å². The third kappa shape index (κ3) is 3.56. The molecular formula is C13H20BrNO3S. The van der Waals surface area contributed by atoms with Gasteiger partial charge in [-0.1, -0.05) is 19.9 Å². The molecule has 0 saturated heterocycles. The van der Waals surface area contributed by atoms with Crippen LogP contribution in [0, 0.1) is 0 Å². The van der Waals surface area contributed by atoms with Crippen LogP contribution in [0.2, 0.25) is 0 Å². The van der Waals surface area contributed by atoms with Gasteiger partial charge in [0.25, 0.3) is 0 Å². The number of aliphatic hydroxyl groups is 1. The number of nitrogens with zero attached hydrogens (tertiary/aromatic N) is 1. The van der Waals surface area contributed by atoms with Gasteiger partial charge in [-0.3, -0.25) is 0 Å². The number of halogens is 1. The van der Waals surface area contributed by atoms with Gasteiger partial charge in [0.2, 0.25) is 10.0 Å². The van der Waals surface area contributed by atoms with E-state index in [2.05, 4.69) is 15.9 Å². The molecule has 19 heavy (non-hydrogen) atoms. The van der Waals surface area contributed by atoms with Gasteiger partial charge in [-0.15, -0.1) is 0 Å². The minimum atomic E-state index is -3.55. The van der Waals surface area contributed by atoms with Gasteiger partial charge >= 0.3 is 0 Å². The molecule has 1 aromatic carbocycles. The van der Waals surface area contributed by atoms with Crippen molar-refractivity contribution < 1.29 is 13.5 Å². The Bertz CT molecular complexity index is 527. The highest BCUT2D eigenvalue weighted by atomic mass is 79.9. The minimum Gasteiger partial charge on any atom is -0.392 e. The highest BCUT2D eigenvalue weighted by Gasteiger charge is 2.27. The standard InChI is InChI=1S/C13H20BrNO3S/c1-4-11(5-2)15(3)19(17,18)13-8-10(9-16)6-7-12(13)14/h6-8,11,16H,4-5,9H2,1-3H3. The normalized spacial score (nSPS) is 12.4. The average Bonchev–Trinajstić information content (AvgIpc) is 2.40. The lowest BCUT2D eigenvalue weighted by Gasteiger charge is -2.26. The minimum absolute atomic E-state index is 0.0188. The lowest BCUT2D eigenvalue weighted by molar-refractivity contribution is 0.281. The van der Waals surface area contributed by atoms with Crippen LogP contribution >= 0.6 is 15.9 Å². The summed E-state index contributed by atoms with van der Waals surface area (Å²) in [5.41, 5.74) is 0.583. The van der Waals surface area contributed by atoms with Crippen molar-refractivity contribution in [3.8, 4) is 0 Å². The van der Waals surface area contributed by atoms with Gasteiger partial charge in [0.05, 0.1) is 11.5 Å². The Hall–Kier alpha value is -0.430. The van der Waals surface area contributed by atoms with Crippen molar-refractivity contribution in [1.82, 2.24) is 4.31 Å². The average molecular weight is 350 g/mol. The maximum absolute atomic E-state index is 12.6. The fourth-order valence-electron chi connectivity index (χ4n) is 2.00. The number of aliphatic hydroxyl groups excluding tert-OH is 1. The topological polar surface area (TPSA) is 57.6 Å². The summed E-state index contributed by atoms with van der Waals surface area (Å²) >= 11 is 3.27. The zero-order chi connectivity index (χ0) is 14.6. The first-order valence-corrected chi connectivity index (χ1v) is 8.49. The van der Waals surface area contributed by atoms with E-state index >= 15 is 0 Å². The molecule has 1 N–H and O–H groups in total. The summed E-state index contributed by atoms with van der Waals surface area (Å²) in [4.78, 5) is 0.202. The van der Waals surface area contributed by atoms with Crippen molar-refractivity contribution >= 4 is 26.0 Å². The van der Waals surface area contributed by atoms with Crippen LogP contribution < -0.4 is 0 Å². The van der Waals surface area contributed by atoms with E-state index in [1.807, 2.05) is 13.8 Å². The van der Waals surface area contributed by atoms with Crippen molar-refractivity contribution in [2.24, 2.45) is 0 Å². The van der Waals surface area contributed by atoms with Gasteiger partial charge in [0.1, 0.15) is 0 Å². The molecule has 0 heterocycles. The van der Waals surface area contributed by atoms with Crippen molar-refractivity contribution in [1.29, 1.82) is 0 Å². The molecule has 1 rings (SSSR count). The molecule has 4 nitrogen and oxygen atoms in total. The van der Waals surface area contributed by atoms with Crippen LogP contribution in [0.25, 0.3) is 0 Å². The molecule has 0 radical (unpaired) electrons. The Kier molecular flexibility index (Phi) is 5.98. The molecule has 0 aromatic heterocycles. The quantitative estimate of drug-likeness (QED) is 0.858. The predicted octanol–water partition coefficient (Wildman–Crippen LogP) is 2.75. The second-order valence-corrected chi connectivity index (χ2v) is 7.23. The largest absolute Gasteiger partial charge is 0.392 e. The Labute approximate surface area is 123 Å². The first-order chi connectivity index (χ1) is 8.88. The summed E-state index contributed by atoms with van der Waals surface area (Å²) in [6.07, 6.45) is 1.53. The van der Waals surface area contributed by atoms with Crippen molar-refractivity contribution in [2.75, 3.05) is 7.05 Å². The molecule has 0 fully saturated rings. The van der Waals surface area contributed by atoms with E-state index in [9.17, 15) is 8.42 Å². The van der Waals surface area contributed by atoms with Crippen LogP contribution in [0.5, 0.6) is 0 Å². The van der Waals surface area contributed by atoms with E-state index in [4.69, 9.17) is 5.11 Å². The number of hydrogen-bond donors (Lipinski definition) is 1. The number of hydrogen-bond acceptors (Lipinski definition) is 3. The Balaban J connectivity index is 3.26. The number of benzene rings is 1. The molecule has 1 aromatic rings. The number of rotatable bonds is 6. The molecule has 0 aliphatic heterocycles. The van der Waals surface area contributed by atoms with Gasteiger partial charge in [0.15, 0.2) is 0 Å². The summed E-state index contributed by atoms with van der Waals surface area (Å²) in [6.45, 7) is 3.77. The first kappa shape index (κ1) is 16.6. The summed E-state index contributed by atoms with van der Waals surface area (Å²) in [6, 6.07) is 4.84. The maximum atomic E-state index is 12.6. The van der Waals surface area contributed by atoms with Crippen LogP contribution in [0.15, 0.2) is 27.6 Å². The van der Waals surface area contributed by atoms with Gasteiger partial charge in [-0.2, -0.15) is 4.31 Å². The van der Waals surface area contributed by atoms with Crippen LogP contribution in [0.1, 0.15) is 32.3 Å². The van der Waals surface area contributed by atoms with Crippen LogP contribution in [-0.4, -0.2) is 30.9 Å². The molecule has 0 unspecified atom stereocenters. The van der Waals surface area contributed by atoms with Crippen molar-refractivity contribution in [2.45, 2.75) is 44.2 Å². The summed E-state index contributed by atoms with van der Waals surface area (Å²) in [5, 5.41) is 9.14. The maximum Gasteiger partial charge on any atom is 0.244 e. The van der Waals surface area contributed by atoms with Gasteiger partial charge in [-0.25, -0.2) is 8.42 Å².